The van der Waals surface area contributed by atoms with Gasteiger partial charge in [0.25, 0.3) is 0 Å². The molecule has 0 aliphatic carbocycles. The van der Waals surface area contributed by atoms with Gasteiger partial charge in [0, 0.05) is 12.1 Å². The number of thioether (sulfide) groups is 1. The first kappa shape index (κ1) is 14.1. The maximum Gasteiger partial charge on any atom is 0.167 e. The lowest BCUT2D eigenvalue weighted by atomic mass is 10.3. The molecule has 0 N–H and O–H groups in total. The molecule has 0 bridgehead atoms. The van der Waals surface area contributed by atoms with Gasteiger partial charge in [0.05, 0.1) is 17.6 Å². The molecule has 0 aliphatic heterocycles. The number of hydrogen-bond donors (Lipinski definition) is 0. The molecule has 0 spiro atoms. The van der Waals surface area contributed by atoms with Crippen molar-refractivity contribution >= 4 is 29.1 Å². The number of benzene rings is 1. The summed E-state index contributed by atoms with van der Waals surface area (Å²) in [6.45, 7) is 2.63. The van der Waals surface area contributed by atoms with E-state index in [9.17, 15) is 0 Å². The van der Waals surface area contributed by atoms with Crippen LogP contribution in [0.1, 0.15) is 12.6 Å². The largest absolute Gasteiger partial charge is 0.324 e. The van der Waals surface area contributed by atoms with Crippen LogP contribution in [0.5, 0.6) is 0 Å². The second kappa shape index (κ2) is 6.73. The molecule has 0 unspecified atom stereocenters. The van der Waals surface area contributed by atoms with Crippen molar-refractivity contribution in [1.29, 1.82) is 0 Å². The Balaban J connectivity index is 2.00. The maximum atomic E-state index is 5.81. The molecule has 19 heavy (non-hydrogen) atoms. The van der Waals surface area contributed by atoms with Crippen molar-refractivity contribution in [3.8, 4) is 0 Å². The van der Waals surface area contributed by atoms with E-state index >= 15 is 0 Å². The third-order valence-corrected chi connectivity index (χ3v) is 3.74. The monoisotopic (exact) mass is 294 g/mol. The van der Waals surface area contributed by atoms with Crippen LogP contribution in [0.4, 0.5) is 5.69 Å². The summed E-state index contributed by atoms with van der Waals surface area (Å²) in [6, 6.07) is 7.28. The van der Waals surface area contributed by atoms with Crippen LogP contribution in [0, 0.1) is 0 Å². The molecule has 6 heteroatoms. The third-order valence-electron chi connectivity index (χ3n) is 2.56. The molecule has 1 aromatic heterocycles. The van der Waals surface area contributed by atoms with E-state index in [0.717, 1.165) is 22.3 Å². The molecule has 2 rings (SSSR count). The lowest BCUT2D eigenvalue weighted by Gasteiger charge is -2.01. The van der Waals surface area contributed by atoms with Gasteiger partial charge in [0.1, 0.15) is 6.54 Å². The van der Waals surface area contributed by atoms with Crippen molar-refractivity contribution in [1.82, 2.24) is 9.55 Å². The molecule has 1 aromatic carbocycles. The summed E-state index contributed by atoms with van der Waals surface area (Å²) in [5.74, 6) is 1.01. The van der Waals surface area contributed by atoms with Crippen molar-refractivity contribution in [2.24, 2.45) is 17.3 Å². The number of imidazole rings is 1. The van der Waals surface area contributed by atoms with Gasteiger partial charge in [-0.05, 0) is 30.0 Å². The minimum atomic E-state index is 0.524. The molecule has 1 heterocycles. The first-order chi connectivity index (χ1) is 9.20. The summed E-state index contributed by atoms with van der Waals surface area (Å²) in [7, 11) is 2.00. The van der Waals surface area contributed by atoms with Gasteiger partial charge in [-0.3, -0.25) is 0 Å². The van der Waals surface area contributed by atoms with Crippen molar-refractivity contribution in [3.63, 3.8) is 0 Å². The summed E-state index contributed by atoms with van der Waals surface area (Å²) in [6.07, 6.45) is 1.85. The summed E-state index contributed by atoms with van der Waals surface area (Å²) < 4.78 is 2.05. The van der Waals surface area contributed by atoms with Crippen LogP contribution in [-0.2, 0) is 13.6 Å². The first-order valence-corrected chi connectivity index (χ1v) is 7.33. The Bertz CT molecular complexity index is 563. The van der Waals surface area contributed by atoms with Crippen LogP contribution < -0.4 is 0 Å². The smallest absolute Gasteiger partial charge is 0.167 e. The van der Waals surface area contributed by atoms with E-state index in [1.807, 2.05) is 25.4 Å². The van der Waals surface area contributed by atoms with Crippen molar-refractivity contribution < 1.29 is 0 Å². The summed E-state index contributed by atoms with van der Waals surface area (Å²) in [5.41, 5.74) is 1.85. The van der Waals surface area contributed by atoms with E-state index in [0.29, 0.717) is 11.6 Å². The average molecular weight is 295 g/mol. The Morgan fingerprint density at radius 3 is 2.74 bits per heavy atom. The van der Waals surface area contributed by atoms with Crippen LogP contribution in [0.25, 0.3) is 0 Å². The number of aromatic nitrogens is 2. The van der Waals surface area contributed by atoms with E-state index in [-0.39, 0.29) is 0 Å². The quantitative estimate of drug-likeness (QED) is 0.603. The van der Waals surface area contributed by atoms with Crippen LogP contribution in [0.15, 0.2) is 45.8 Å². The van der Waals surface area contributed by atoms with Gasteiger partial charge in [-0.25, -0.2) is 4.98 Å². The van der Waals surface area contributed by atoms with Gasteiger partial charge in [-0.2, -0.15) is 10.2 Å². The molecule has 0 radical (unpaired) electrons. The fraction of sp³-hybridized carbons (Fsp3) is 0.308. The fourth-order valence-electron chi connectivity index (χ4n) is 1.53. The standard InChI is InChI=1S/C13H15ClN4S/c1-3-19-13-15-8-12(18(13)2)9-16-17-11-6-4-10(14)5-7-11/h4-8H,3,9H2,1-2H3. The Morgan fingerprint density at radius 1 is 1.32 bits per heavy atom. The van der Waals surface area contributed by atoms with Gasteiger partial charge in [-0.1, -0.05) is 30.3 Å². The lowest BCUT2D eigenvalue weighted by molar-refractivity contribution is 0.729. The molecular weight excluding hydrogens is 280 g/mol. The molecule has 4 nitrogen and oxygen atoms in total. The van der Waals surface area contributed by atoms with E-state index in [1.165, 1.54) is 0 Å². The van der Waals surface area contributed by atoms with Crippen molar-refractivity contribution in [2.45, 2.75) is 18.6 Å². The molecule has 0 fully saturated rings. The highest BCUT2D eigenvalue weighted by Crippen LogP contribution is 2.19. The van der Waals surface area contributed by atoms with Crippen LogP contribution in [0.3, 0.4) is 0 Å². The van der Waals surface area contributed by atoms with Crippen LogP contribution >= 0.6 is 23.4 Å². The van der Waals surface area contributed by atoms with E-state index in [1.54, 1.807) is 23.9 Å². The lowest BCUT2D eigenvalue weighted by Crippen LogP contribution is -1.96. The third kappa shape index (κ3) is 3.81. The number of rotatable bonds is 5. The average Bonchev–Trinajstić information content (AvgIpc) is 2.75. The molecule has 0 saturated carbocycles. The summed E-state index contributed by atoms with van der Waals surface area (Å²) in [4.78, 5) is 4.35. The normalized spacial score (nSPS) is 11.3. The van der Waals surface area contributed by atoms with E-state index < -0.39 is 0 Å². The Kier molecular flexibility index (Phi) is 4.99. The predicted molar refractivity (Wildman–Crippen MR) is 79.3 cm³/mol. The number of azo groups is 1. The van der Waals surface area contributed by atoms with Gasteiger partial charge >= 0.3 is 0 Å². The van der Waals surface area contributed by atoms with Crippen molar-refractivity contribution in [2.75, 3.05) is 5.75 Å². The second-order valence-corrected chi connectivity index (χ2v) is 5.57. The van der Waals surface area contributed by atoms with Crippen molar-refractivity contribution in [3.05, 3.63) is 41.2 Å². The molecule has 2 aromatic rings. The molecule has 0 atom stereocenters. The zero-order valence-electron chi connectivity index (χ0n) is 10.9. The van der Waals surface area contributed by atoms with Gasteiger partial charge < -0.3 is 4.57 Å². The highest BCUT2D eigenvalue weighted by Gasteiger charge is 2.05. The highest BCUT2D eigenvalue weighted by molar-refractivity contribution is 7.99. The minimum absolute atomic E-state index is 0.524. The number of halogens is 1. The zero-order valence-corrected chi connectivity index (χ0v) is 12.4. The molecule has 100 valence electrons. The first-order valence-electron chi connectivity index (χ1n) is 5.97. The Hall–Kier alpha value is -1.33. The number of nitrogens with zero attached hydrogens (tertiary/aromatic N) is 4. The van der Waals surface area contributed by atoms with Crippen LogP contribution in [0.2, 0.25) is 5.02 Å². The molecule has 0 saturated heterocycles. The molecule has 0 aliphatic rings. The Labute approximate surface area is 121 Å². The summed E-state index contributed by atoms with van der Waals surface area (Å²) in [5, 5.41) is 10.1. The minimum Gasteiger partial charge on any atom is -0.324 e. The summed E-state index contributed by atoms with van der Waals surface area (Å²) >= 11 is 7.53. The second-order valence-electron chi connectivity index (χ2n) is 3.90. The van der Waals surface area contributed by atoms with E-state index in [2.05, 4.69) is 26.7 Å². The maximum absolute atomic E-state index is 5.81. The zero-order chi connectivity index (χ0) is 13.7. The van der Waals surface area contributed by atoms with Gasteiger partial charge in [0.15, 0.2) is 5.16 Å². The predicted octanol–water partition coefficient (Wildman–Crippen LogP) is 4.47. The van der Waals surface area contributed by atoms with Crippen LogP contribution in [-0.4, -0.2) is 15.3 Å². The van der Waals surface area contributed by atoms with Gasteiger partial charge in [0.2, 0.25) is 0 Å². The molecule has 0 amide bonds. The highest BCUT2D eigenvalue weighted by atomic mass is 35.5. The van der Waals surface area contributed by atoms with Gasteiger partial charge in [-0.15, -0.1) is 0 Å². The SMILES string of the molecule is CCSc1ncc(CN=Nc2ccc(Cl)cc2)n1C. The Morgan fingerprint density at radius 2 is 2.05 bits per heavy atom. The topological polar surface area (TPSA) is 42.5 Å². The molecular formula is C13H15ClN4S. The van der Waals surface area contributed by atoms with E-state index in [4.69, 9.17) is 11.6 Å². The number of hydrogen-bond acceptors (Lipinski definition) is 4. The fourth-order valence-corrected chi connectivity index (χ4v) is 2.36.